The number of hydrogen-bond acceptors (Lipinski definition) is 2. The average molecular weight is 282 g/mol. The highest BCUT2D eigenvalue weighted by Gasteiger charge is 2.39. The van der Waals surface area contributed by atoms with Crippen molar-refractivity contribution < 1.29 is 4.74 Å². The van der Waals surface area contributed by atoms with Crippen molar-refractivity contribution in [3.05, 3.63) is 27.7 Å². The molecule has 2 N–H and O–H groups in total. The number of fused-ring (bicyclic) bond motifs is 1. The van der Waals surface area contributed by atoms with Crippen LogP contribution < -0.4 is 10.5 Å². The minimum atomic E-state index is 0.0454. The van der Waals surface area contributed by atoms with Gasteiger partial charge in [0.2, 0.25) is 0 Å². The van der Waals surface area contributed by atoms with E-state index in [1.807, 2.05) is 0 Å². The lowest BCUT2D eigenvalue weighted by atomic mass is 10.0. The van der Waals surface area contributed by atoms with E-state index in [4.69, 9.17) is 10.5 Å². The average Bonchev–Trinajstić information content (AvgIpc) is 2.76. The molecule has 1 unspecified atom stereocenters. The summed E-state index contributed by atoms with van der Waals surface area (Å²) in [5.41, 5.74) is 8.82. The Morgan fingerprint density at radius 2 is 2.25 bits per heavy atom. The molecule has 2 aliphatic rings. The summed E-state index contributed by atoms with van der Waals surface area (Å²) < 4.78 is 7.03. The van der Waals surface area contributed by atoms with E-state index in [1.165, 1.54) is 11.1 Å². The van der Waals surface area contributed by atoms with Gasteiger partial charge in [0.25, 0.3) is 0 Å². The van der Waals surface area contributed by atoms with E-state index in [1.54, 1.807) is 0 Å². The van der Waals surface area contributed by atoms with E-state index in [0.29, 0.717) is 6.10 Å². The molecule has 0 spiro atoms. The van der Waals surface area contributed by atoms with Crippen molar-refractivity contribution in [1.82, 2.24) is 0 Å². The summed E-state index contributed by atoms with van der Waals surface area (Å²) in [7, 11) is 0. The number of rotatable bonds is 2. The molecule has 1 aromatic carbocycles. The van der Waals surface area contributed by atoms with Crippen molar-refractivity contribution in [3.8, 4) is 5.75 Å². The summed E-state index contributed by atoms with van der Waals surface area (Å²) in [5.74, 6) is 1.09. The molecule has 1 aliphatic heterocycles. The molecule has 16 heavy (non-hydrogen) atoms. The molecule has 0 radical (unpaired) electrons. The zero-order chi connectivity index (χ0) is 11.3. The second-order valence-electron chi connectivity index (χ2n) is 5.22. The van der Waals surface area contributed by atoms with Crippen LogP contribution in [0, 0.1) is 0 Å². The number of nitrogens with two attached hydrogens (primary N) is 1. The molecular weight excluding hydrogens is 266 g/mol. The van der Waals surface area contributed by atoms with Crippen LogP contribution in [0.25, 0.3) is 0 Å². The Hall–Kier alpha value is -0.540. The lowest BCUT2D eigenvalue weighted by molar-refractivity contribution is 0.252. The van der Waals surface area contributed by atoms with Gasteiger partial charge in [0.1, 0.15) is 11.9 Å². The standard InChI is InChI=1S/C13H16BrNO/c1-8-4-9-5-11(14)6-10(12(9)16-8)7-13(15)2-3-13/h5-6,8H,2-4,7,15H2,1H3. The van der Waals surface area contributed by atoms with Crippen LogP contribution in [-0.4, -0.2) is 11.6 Å². The highest BCUT2D eigenvalue weighted by Crippen LogP contribution is 2.42. The molecule has 2 nitrogen and oxygen atoms in total. The molecule has 3 rings (SSSR count). The Bertz CT molecular complexity index is 440. The molecule has 0 saturated heterocycles. The Kier molecular flexibility index (Phi) is 2.30. The van der Waals surface area contributed by atoms with Gasteiger partial charge in [-0.15, -0.1) is 0 Å². The minimum Gasteiger partial charge on any atom is -0.490 e. The molecule has 0 amide bonds. The summed E-state index contributed by atoms with van der Waals surface area (Å²) in [5, 5.41) is 0. The van der Waals surface area contributed by atoms with Crippen LogP contribution in [0.1, 0.15) is 30.9 Å². The molecular formula is C13H16BrNO. The smallest absolute Gasteiger partial charge is 0.126 e. The molecule has 0 bridgehead atoms. The first kappa shape index (κ1) is 10.6. The van der Waals surface area contributed by atoms with Gasteiger partial charge in [-0.05, 0) is 49.4 Å². The summed E-state index contributed by atoms with van der Waals surface area (Å²) in [6.07, 6.45) is 4.55. The number of ether oxygens (including phenoxy) is 1. The number of hydrogen-bond donors (Lipinski definition) is 1. The number of halogens is 1. The SMILES string of the molecule is CC1Cc2cc(Br)cc(CC3(N)CC3)c2O1. The van der Waals surface area contributed by atoms with E-state index in [2.05, 4.69) is 35.0 Å². The molecule has 1 heterocycles. The first-order chi connectivity index (χ1) is 7.56. The largest absolute Gasteiger partial charge is 0.490 e. The van der Waals surface area contributed by atoms with E-state index in [-0.39, 0.29) is 5.54 Å². The fraction of sp³-hybridized carbons (Fsp3) is 0.538. The van der Waals surface area contributed by atoms with Crippen LogP contribution in [0.2, 0.25) is 0 Å². The molecule has 1 aliphatic carbocycles. The third-order valence-corrected chi connectivity index (χ3v) is 3.93. The third kappa shape index (κ3) is 1.87. The minimum absolute atomic E-state index is 0.0454. The quantitative estimate of drug-likeness (QED) is 0.905. The lowest BCUT2D eigenvalue weighted by Gasteiger charge is -2.13. The Labute approximate surface area is 104 Å². The van der Waals surface area contributed by atoms with Gasteiger partial charge in [-0.3, -0.25) is 0 Å². The van der Waals surface area contributed by atoms with E-state index < -0.39 is 0 Å². The fourth-order valence-corrected chi connectivity index (χ4v) is 2.97. The van der Waals surface area contributed by atoms with Crippen LogP contribution in [0.3, 0.4) is 0 Å². The molecule has 1 saturated carbocycles. The zero-order valence-corrected chi connectivity index (χ0v) is 11.0. The van der Waals surface area contributed by atoms with Crippen molar-refractivity contribution >= 4 is 15.9 Å². The highest BCUT2D eigenvalue weighted by molar-refractivity contribution is 9.10. The normalized spacial score (nSPS) is 25.1. The van der Waals surface area contributed by atoms with Gasteiger partial charge in [-0.2, -0.15) is 0 Å². The summed E-state index contributed by atoms with van der Waals surface area (Å²) >= 11 is 3.57. The summed E-state index contributed by atoms with van der Waals surface area (Å²) in [6, 6.07) is 4.32. The summed E-state index contributed by atoms with van der Waals surface area (Å²) in [6.45, 7) is 2.12. The molecule has 0 aromatic heterocycles. The molecule has 1 fully saturated rings. The Morgan fingerprint density at radius 3 is 2.94 bits per heavy atom. The van der Waals surface area contributed by atoms with E-state index in [0.717, 1.165) is 35.9 Å². The molecule has 1 atom stereocenters. The zero-order valence-electron chi connectivity index (χ0n) is 9.42. The maximum absolute atomic E-state index is 6.19. The first-order valence-corrected chi connectivity index (χ1v) is 6.62. The first-order valence-electron chi connectivity index (χ1n) is 5.83. The van der Waals surface area contributed by atoms with Crippen molar-refractivity contribution in [2.24, 2.45) is 5.73 Å². The van der Waals surface area contributed by atoms with Gasteiger partial charge in [0, 0.05) is 16.4 Å². The lowest BCUT2D eigenvalue weighted by Crippen LogP contribution is -2.24. The Balaban J connectivity index is 1.98. The maximum Gasteiger partial charge on any atom is 0.126 e. The van der Waals surface area contributed by atoms with Crippen LogP contribution >= 0.6 is 15.9 Å². The fourth-order valence-electron chi connectivity index (χ4n) is 2.42. The highest BCUT2D eigenvalue weighted by atomic mass is 79.9. The van der Waals surface area contributed by atoms with Gasteiger partial charge < -0.3 is 10.5 Å². The van der Waals surface area contributed by atoms with Crippen LogP contribution in [0.5, 0.6) is 5.75 Å². The van der Waals surface area contributed by atoms with Crippen LogP contribution in [0.15, 0.2) is 16.6 Å². The van der Waals surface area contributed by atoms with Gasteiger partial charge in [0.05, 0.1) is 0 Å². The van der Waals surface area contributed by atoms with E-state index >= 15 is 0 Å². The van der Waals surface area contributed by atoms with Crippen molar-refractivity contribution in [1.29, 1.82) is 0 Å². The van der Waals surface area contributed by atoms with Crippen LogP contribution in [-0.2, 0) is 12.8 Å². The van der Waals surface area contributed by atoms with Gasteiger partial charge in [-0.25, -0.2) is 0 Å². The number of benzene rings is 1. The van der Waals surface area contributed by atoms with E-state index in [9.17, 15) is 0 Å². The molecule has 86 valence electrons. The van der Waals surface area contributed by atoms with Gasteiger partial charge in [0.15, 0.2) is 0 Å². The monoisotopic (exact) mass is 281 g/mol. The predicted molar refractivity (Wildman–Crippen MR) is 67.8 cm³/mol. The van der Waals surface area contributed by atoms with Crippen molar-refractivity contribution in [3.63, 3.8) is 0 Å². The maximum atomic E-state index is 6.19. The van der Waals surface area contributed by atoms with Crippen molar-refractivity contribution in [2.75, 3.05) is 0 Å². The molecule has 3 heteroatoms. The predicted octanol–water partition coefficient (Wildman–Crippen LogP) is 2.81. The molecule has 1 aromatic rings. The van der Waals surface area contributed by atoms with Crippen molar-refractivity contribution in [2.45, 2.75) is 44.2 Å². The Morgan fingerprint density at radius 1 is 1.50 bits per heavy atom. The van der Waals surface area contributed by atoms with Gasteiger partial charge in [-0.1, -0.05) is 15.9 Å². The van der Waals surface area contributed by atoms with Gasteiger partial charge >= 0.3 is 0 Å². The summed E-state index contributed by atoms with van der Waals surface area (Å²) in [4.78, 5) is 0. The topological polar surface area (TPSA) is 35.2 Å². The third-order valence-electron chi connectivity index (χ3n) is 3.47. The second-order valence-corrected chi connectivity index (χ2v) is 6.14. The second kappa shape index (κ2) is 3.47. The van der Waals surface area contributed by atoms with Crippen LogP contribution in [0.4, 0.5) is 0 Å².